The van der Waals surface area contributed by atoms with E-state index in [-0.39, 0.29) is 47.0 Å². The molecule has 3 unspecified atom stereocenters. The Labute approximate surface area is 292 Å². The predicted octanol–water partition coefficient (Wildman–Crippen LogP) is 2.39. The molecule has 0 bridgehead atoms. The number of nitrogens with zero attached hydrogens (tertiary/aromatic N) is 3. The zero-order valence-electron chi connectivity index (χ0n) is 26.2. The lowest BCUT2D eigenvalue weighted by Gasteiger charge is -2.21. The molecule has 21 nitrogen and oxygen atoms in total. The van der Waals surface area contributed by atoms with Crippen LogP contribution in [0.3, 0.4) is 0 Å². The van der Waals surface area contributed by atoms with Gasteiger partial charge in [-0.05, 0) is 19.9 Å². The molecule has 0 amide bonds. The lowest BCUT2D eigenvalue weighted by Crippen LogP contribution is -2.29. The summed E-state index contributed by atoms with van der Waals surface area (Å²) in [7, 11) is -14.0. The van der Waals surface area contributed by atoms with E-state index in [0.717, 1.165) is 4.57 Å². The molecule has 1 aliphatic heterocycles. The zero-order chi connectivity index (χ0) is 37.3. The van der Waals surface area contributed by atoms with Crippen molar-refractivity contribution in [2.45, 2.75) is 50.1 Å². The van der Waals surface area contributed by atoms with E-state index in [1.165, 1.54) is 41.3 Å². The maximum absolute atomic E-state index is 12.9. The normalized spacial score (nSPS) is 20.4. The van der Waals surface area contributed by atoms with E-state index >= 15 is 0 Å². The number of hydrogen-bond acceptors (Lipinski definition) is 17. The maximum Gasteiger partial charge on any atom is 0.490 e. The van der Waals surface area contributed by atoms with E-state index in [1.54, 1.807) is 10.8 Å². The molecule has 26 heteroatoms. The minimum absolute atomic E-state index is 0.0132. The Hall–Kier alpha value is -2.19. The number of nitro groups is 1. The molecule has 1 fully saturated rings. The number of phosphoric ester groups is 1. The second kappa shape index (κ2) is 18.0. The molecule has 5 atom stereocenters. The Morgan fingerprint density at radius 3 is 2.54 bits per heavy atom. The summed E-state index contributed by atoms with van der Waals surface area (Å²) in [4.78, 5) is 64.3. The summed E-state index contributed by atoms with van der Waals surface area (Å²) in [5, 5.41) is 11.5. The number of ether oxygens (including phenoxy) is 3. The molecular formula is C24H34N5O16P3S2. The lowest BCUT2D eigenvalue weighted by molar-refractivity contribution is -0.386. The van der Waals surface area contributed by atoms with E-state index in [9.17, 15) is 38.4 Å². The highest BCUT2D eigenvalue weighted by Crippen LogP contribution is 2.66. The fraction of sp³-hybridized carbons (Fsp3) is 0.500. The molecule has 8 N–H and O–H groups in total. The van der Waals surface area contributed by atoms with Crippen molar-refractivity contribution in [2.75, 3.05) is 31.4 Å². The van der Waals surface area contributed by atoms with Crippen LogP contribution in [0.2, 0.25) is 0 Å². The first kappa shape index (κ1) is 42.2. The van der Waals surface area contributed by atoms with Crippen molar-refractivity contribution in [3.63, 3.8) is 0 Å². The molecule has 1 saturated heterocycles. The molecule has 1 aliphatic rings. The van der Waals surface area contributed by atoms with Crippen molar-refractivity contribution < 1.29 is 65.5 Å². The Balaban J connectivity index is 1.78. The number of aromatic nitrogens is 2. The maximum atomic E-state index is 12.9. The number of rotatable bonds is 18. The van der Waals surface area contributed by atoms with E-state index in [0.29, 0.717) is 12.5 Å². The number of nitro benzene ring substituents is 1. The smallest absolute Gasteiger partial charge is 0.382 e. The molecule has 50 heavy (non-hydrogen) atoms. The second-order valence-electron chi connectivity index (χ2n) is 10.6. The second-order valence-corrected chi connectivity index (χ2v) is 18.0. The highest BCUT2D eigenvalue weighted by molar-refractivity contribution is 8.77. The van der Waals surface area contributed by atoms with Crippen molar-refractivity contribution in [1.29, 1.82) is 0 Å². The van der Waals surface area contributed by atoms with Crippen LogP contribution in [0.25, 0.3) is 0 Å². The minimum atomic E-state index is -5.81. The Bertz CT molecular complexity index is 1780. The zero-order valence-corrected chi connectivity index (χ0v) is 30.5. The third-order valence-electron chi connectivity index (χ3n) is 6.24. The average Bonchev–Trinajstić information content (AvgIpc) is 3.40. The van der Waals surface area contributed by atoms with E-state index < -0.39 is 59.1 Å². The highest BCUT2D eigenvalue weighted by atomic mass is 33.1. The van der Waals surface area contributed by atoms with E-state index in [4.69, 9.17) is 40.0 Å². The summed E-state index contributed by atoms with van der Waals surface area (Å²) in [5.41, 5.74) is 10.7. The van der Waals surface area contributed by atoms with E-state index in [1.807, 2.05) is 13.8 Å². The summed E-state index contributed by atoms with van der Waals surface area (Å²) in [6.07, 6.45) is -2.57. The Morgan fingerprint density at radius 2 is 1.88 bits per heavy atom. The summed E-state index contributed by atoms with van der Waals surface area (Å²) in [6, 6.07) is 5.64. The molecule has 1 aromatic heterocycles. The molecule has 2 aromatic rings. The van der Waals surface area contributed by atoms with Crippen LogP contribution in [-0.4, -0.2) is 76.7 Å². The molecule has 0 radical (unpaired) electrons. The third kappa shape index (κ3) is 13.7. The topological polar surface area (TPSA) is 318 Å². The van der Waals surface area contributed by atoms with Gasteiger partial charge in [0.2, 0.25) is 0 Å². The predicted molar refractivity (Wildman–Crippen MR) is 179 cm³/mol. The summed E-state index contributed by atoms with van der Waals surface area (Å²) in [5.74, 6) is 5.64. The molecule has 0 aliphatic carbocycles. The van der Waals surface area contributed by atoms with Crippen LogP contribution in [-0.2, 0) is 47.7 Å². The first-order valence-corrected chi connectivity index (χ1v) is 20.8. The number of anilines is 1. The molecule has 2 heterocycles. The first-order valence-electron chi connectivity index (χ1n) is 13.9. The summed E-state index contributed by atoms with van der Waals surface area (Å²) >= 11 is 0. The molecule has 278 valence electrons. The van der Waals surface area contributed by atoms with Crippen LogP contribution in [0.5, 0.6) is 0 Å². The quantitative estimate of drug-likeness (QED) is 0.0239. The third-order valence-corrected chi connectivity index (χ3v) is 13.0. The number of phosphoric acid groups is 3. The Kier molecular flexibility index (Phi) is 15.2. The van der Waals surface area contributed by atoms with Crippen molar-refractivity contribution in [3.8, 4) is 11.8 Å². The van der Waals surface area contributed by atoms with Crippen LogP contribution in [0.4, 0.5) is 11.5 Å². The van der Waals surface area contributed by atoms with Gasteiger partial charge in [0.05, 0.1) is 35.4 Å². The van der Waals surface area contributed by atoms with Gasteiger partial charge in [-0.1, -0.05) is 45.6 Å². The van der Waals surface area contributed by atoms with Gasteiger partial charge in [-0.25, -0.2) is 18.5 Å². The molecular weight excluding hydrogens is 771 g/mol. The van der Waals surface area contributed by atoms with Gasteiger partial charge in [0.1, 0.15) is 30.7 Å². The van der Waals surface area contributed by atoms with Crippen LogP contribution >= 0.6 is 45.1 Å². The number of nitrogens with two attached hydrogens (primary N) is 2. The lowest BCUT2D eigenvalue weighted by atomic mass is 10.1. The van der Waals surface area contributed by atoms with Crippen LogP contribution < -0.4 is 17.2 Å². The van der Waals surface area contributed by atoms with Crippen LogP contribution in [0.15, 0.2) is 35.3 Å². The average molecular weight is 806 g/mol. The number of nitrogen functional groups attached to an aromatic ring is 1. The van der Waals surface area contributed by atoms with Gasteiger partial charge in [0.15, 0.2) is 0 Å². The van der Waals surface area contributed by atoms with Gasteiger partial charge < -0.3 is 45.3 Å². The van der Waals surface area contributed by atoms with Gasteiger partial charge in [-0.3, -0.25) is 19.2 Å². The van der Waals surface area contributed by atoms with Crippen LogP contribution in [0, 0.1) is 22.0 Å². The standard InChI is InChI=1S/C24H34N5O16P3S2/c1-24(2,14-25)50-49-15-40-9-5-7-16-11-28(23(30)27-22(16)26)21-10-19(41-12-17-6-3-4-8-18(17)29(31)32)20(43-21)13-42-47(36,37)45-48(38,39)44-46(33,34)35/h3-4,6,8,11,19-21H,9-10,12-15,25H2,1-2H3,(H,36,37)(H,38,39)(H2,26,27,30)(H2,33,34,35)/t19?,20-,21-/m1/s1. The molecule has 3 rings (SSSR count). The number of benzene rings is 1. The monoisotopic (exact) mass is 805 g/mol. The summed E-state index contributed by atoms with van der Waals surface area (Å²) in [6.45, 7) is 3.18. The van der Waals surface area contributed by atoms with Crippen LogP contribution in [0.1, 0.15) is 37.6 Å². The van der Waals surface area contributed by atoms with Gasteiger partial charge in [0, 0.05) is 30.0 Å². The number of para-hydroxylation sites is 1. The van der Waals surface area contributed by atoms with E-state index in [2.05, 4.69) is 25.4 Å². The van der Waals surface area contributed by atoms with Gasteiger partial charge >= 0.3 is 29.2 Å². The van der Waals surface area contributed by atoms with Gasteiger partial charge in [-0.2, -0.15) is 13.6 Å². The fourth-order valence-electron chi connectivity index (χ4n) is 3.94. The molecule has 0 spiro atoms. The molecule has 1 aromatic carbocycles. The van der Waals surface area contributed by atoms with Gasteiger partial charge in [-0.15, -0.1) is 0 Å². The Morgan fingerprint density at radius 1 is 1.18 bits per heavy atom. The summed E-state index contributed by atoms with van der Waals surface area (Å²) < 4.78 is 65.2. The highest BCUT2D eigenvalue weighted by Gasteiger charge is 2.44. The van der Waals surface area contributed by atoms with Crippen molar-refractivity contribution >= 4 is 56.6 Å². The van der Waals surface area contributed by atoms with Gasteiger partial charge in [0.25, 0.3) is 5.69 Å². The number of hydrogen-bond donors (Lipinski definition) is 6. The largest absolute Gasteiger partial charge is 0.490 e. The van der Waals surface area contributed by atoms with Crippen molar-refractivity contribution in [1.82, 2.24) is 9.55 Å². The fourth-order valence-corrected chi connectivity index (χ4v) is 9.06. The van der Waals surface area contributed by atoms with Crippen molar-refractivity contribution in [2.24, 2.45) is 5.73 Å². The first-order chi connectivity index (χ1) is 23.2. The molecule has 0 saturated carbocycles. The van der Waals surface area contributed by atoms with Crippen molar-refractivity contribution in [3.05, 3.63) is 62.2 Å². The minimum Gasteiger partial charge on any atom is -0.382 e. The SMILES string of the molecule is CC(C)(CN)SSCOCC#Cc1cn([C@H]2CC(OCc3ccccc3[N+](=O)[O-])[C@@H](COP(=O)(O)OP(=O)(O)OP(=O)(O)O)O2)c(=O)nc1N.